The van der Waals surface area contributed by atoms with Crippen LogP contribution in [-0.4, -0.2) is 15.8 Å². The summed E-state index contributed by atoms with van der Waals surface area (Å²) in [7, 11) is 0. The lowest BCUT2D eigenvalue weighted by Crippen LogP contribution is -2.49. The third-order valence-electron chi connectivity index (χ3n) is 6.40. The summed E-state index contributed by atoms with van der Waals surface area (Å²) in [6.07, 6.45) is 4.55. The van der Waals surface area contributed by atoms with Gasteiger partial charge in [0.05, 0.1) is 0 Å². The largest absolute Gasteiger partial charge is 0.508 e. The Balaban J connectivity index is 1.71. The Morgan fingerprint density at radius 1 is 1.12 bits per heavy atom. The Kier molecular flexibility index (Phi) is 4.51. The number of aryl methyl sites for hydroxylation is 1. The van der Waals surface area contributed by atoms with Gasteiger partial charge in [0, 0.05) is 5.92 Å². The zero-order chi connectivity index (χ0) is 18.1. The SMILES string of the molecule is CC#C[C@@]1(O)CCC2c3ccc(O)cc3CC[C@H]2C1Cc1ccccc1. The summed E-state index contributed by atoms with van der Waals surface area (Å²) in [4.78, 5) is 0. The zero-order valence-electron chi connectivity index (χ0n) is 15.3. The van der Waals surface area contributed by atoms with Crippen LogP contribution in [0.15, 0.2) is 48.5 Å². The Labute approximate surface area is 155 Å². The van der Waals surface area contributed by atoms with Gasteiger partial charge in [-0.05, 0) is 79.7 Å². The molecule has 0 saturated heterocycles. The molecular weight excluding hydrogens is 320 g/mol. The van der Waals surface area contributed by atoms with Crippen molar-refractivity contribution in [3.05, 3.63) is 65.2 Å². The van der Waals surface area contributed by atoms with Crippen molar-refractivity contribution in [3.8, 4) is 17.6 Å². The maximum atomic E-state index is 11.4. The Morgan fingerprint density at radius 2 is 1.92 bits per heavy atom. The monoisotopic (exact) mass is 346 g/mol. The van der Waals surface area contributed by atoms with E-state index in [1.165, 1.54) is 16.7 Å². The van der Waals surface area contributed by atoms with Crippen LogP contribution in [0.2, 0.25) is 0 Å². The number of aliphatic hydroxyl groups is 1. The standard InChI is InChI=1S/C24H26O2/c1-2-13-24(26)14-12-21-20-11-9-19(25)16-18(20)8-10-22(21)23(24)15-17-6-4-3-5-7-17/h3-7,9,11,16,21-23,25-26H,8,10,12,14-15H2,1H3/t21?,22-,23?,24-/m1/s1. The molecule has 2 heteroatoms. The highest BCUT2D eigenvalue weighted by Crippen LogP contribution is 2.52. The van der Waals surface area contributed by atoms with E-state index in [1.54, 1.807) is 6.07 Å². The Hall–Kier alpha value is -2.24. The Morgan fingerprint density at radius 3 is 2.69 bits per heavy atom. The topological polar surface area (TPSA) is 40.5 Å². The number of phenols is 1. The van der Waals surface area contributed by atoms with Gasteiger partial charge in [0.2, 0.25) is 0 Å². The van der Waals surface area contributed by atoms with Crippen molar-refractivity contribution in [2.24, 2.45) is 11.8 Å². The summed E-state index contributed by atoms with van der Waals surface area (Å²) in [5.74, 6) is 7.51. The van der Waals surface area contributed by atoms with Crippen LogP contribution in [0.1, 0.15) is 48.8 Å². The van der Waals surface area contributed by atoms with Crippen LogP contribution in [0.25, 0.3) is 0 Å². The van der Waals surface area contributed by atoms with Crippen LogP contribution in [0.4, 0.5) is 0 Å². The number of hydrogen-bond acceptors (Lipinski definition) is 2. The molecule has 1 fully saturated rings. The first-order valence-corrected chi connectivity index (χ1v) is 9.63. The summed E-state index contributed by atoms with van der Waals surface area (Å²) in [5, 5.41) is 21.2. The molecule has 134 valence electrons. The Bertz CT molecular complexity index is 846. The van der Waals surface area contributed by atoms with Crippen molar-refractivity contribution in [3.63, 3.8) is 0 Å². The number of benzene rings is 2. The minimum Gasteiger partial charge on any atom is -0.508 e. The van der Waals surface area contributed by atoms with Gasteiger partial charge in [-0.2, -0.15) is 0 Å². The normalized spacial score (nSPS) is 29.8. The quantitative estimate of drug-likeness (QED) is 0.789. The second kappa shape index (κ2) is 6.82. The molecule has 2 N–H and O–H groups in total. The third-order valence-corrected chi connectivity index (χ3v) is 6.40. The molecular formula is C24H26O2. The molecule has 2 aromatic carbocycles. The van der Waals surface area contributed by atoms with Gasteiger partial charge in [-0.1, -0.05) is 42.3 Å². The summed E-state index contributed by atoms with van der Waals surface area (Å²) in [5.41, 5.74) is 3.01. The maximum Gasteiger partial charge on any atom is 0.128 e. The lowest BCUT2D eigenvalue weighted by Gasteiger charge is -2.49. The van der Waals surface area contributed by atoms with Gasteiger partial charge in [0.15, 0.2) is 0 Å². The van der Waals surface area contributed by atoms with Gasteiger partial charge >= 0.3 is 0 Å². The first kappa shape index (κ1) is 17.2. The first-order valence-electron chi connectivity index (χ1n) is 9.63. The molecule has 2 aromatic rings. The molecule has 4 atom stereocenters. The summed E-state index contributed by atoms with van der Waals surface area (Å²) < 4.78 is 0. The van der Waals surface area contributed by atoms with Crippen LogP contribution < -0.4 is 0 Å². The van der Waals surface area contributed by atoms with Crippen LogP contribution in [0, 0.1) is 23.7 Å². The highest BCUT2D eigenvalue weighted by molar-refractivity contribution is 5.41. The minimum atomic E-state index is -0.903. The van der Waals surface area contributed by atoms with Gasteiger partial charge < -0.3 is 10.2 Å². The average molecular weight is 346 g/mol. The maximum absolute atomic E-state index is 11.4. The van der Waals surface area contributed by atoms with Crippen molar-refractivity contribution in [2.75, 3.05) is 0 Å². The van der Waals surface area contributed by atoms with Crippen molar-refractivity contribution < 1.29 is 10.2 Å². The van der Waals surface area contributed by atoms with E-state index in [4.69, 9.17) is 0 Å². The molecule has 0 aromatic heterocycles. The minimum absolute atomic E-state index is 0.137. The molecule has 2 aliphatic carbocycles. The molecule has 1 saturated carbocycles. The van der Waals surface area contributed by atoms with Crippen LogP contribution in [0.5, 0.6) is 5.75 Å². The van der Waals surface area contributed by atoms with Gasteiger partial charge in [0.25, 0.3) is 0 Å². The van der Waals surface area contributed by atoms with Gasteiger partial charge in [0.1, 0.15) is 11.4 Å². The van der Waals surface area contributed by atoms with E-state index in [2.05, 4.69) is 42.2 Å². The van der Waals surface area contributed by atoms with Crippen molar-refractivity contribution >= 4 is 0 Å². The lowest BCUT2D eigenvalue weighted by molar-refractivity contribution is -0.0400. The van der Waals surface area contributed by atoms with E-state index in [0.29, 0.717) is 24.0 Å². The average Bonchev–Trinajstić information content (AvgIpc) is 2.64. The number of fused-ring (bicyclic) bond motifs is 3. The van der Waals surface area contributed by atoms with E-state index in [0.717, 1.165) is 25.7 Å². The van der Waals surface area contributed by atoms with Crippen LogP contribution in [0.3, 0.4) is 0 Å². The van der Waals surface area contributed by atoms with Gasteiger partial charge in [-0.3, -0.25) is 0 Å². The number of hydrogen-bond donors (Lipinski definition) is 2. The number of rotatable bonds is 2. The molecule has 0 bridgehead atoms. The highest BCUT2D eigenvalue weighted by Gasteiger charge is 2.49. The molecule has 4 rings (SSSR count). The number of aromatic hydroxyl groups is 1. The smallest absolute Gasteiger partial charge is 0.128 e. The predicted molar refractivity (Wildman–Crippen MR) is 104 cm³/mol. The zero-order valence-corrected chi connectivity index (χ0v) is 15.3. The predicted octanol–water partition coefficient (Wildman–Crippen LogP) is 4.45. The lowest BCUT2D eigenvalue weighted by atomic mass is 9.57. The molecule has 2 aliphatic rings. The van der Waals surface area contributed by atoms with Crippen LogP contribution in [-0.2, 0) is 12.8 Å². The highest BCUT2D eigenvalue weighted by atomic mass is 16.3. The third kappa shape index (κ3) is 3.02. The van der Waals surface area contributed by atoms with Gasteiger partial charge in [-0.25, -0.2) is 0 Å². The second-order valence-electron chi connectivity index (χ2n) is 7.83. The summed E-state index contributed by atoms with van der Waals surface area (Å²) in [6.45, 7) is 1.82. The van der Waals surface area contributed by atoms with E-state index in [-0.39, 0.29) is 5.92 Å². The molecule has 0 spiro atoms. The van der Waals surface area contributed by atoms with E-state index < -0.39 is 5.60 Å². The van der Waals surface area contributed by atoms with E-state index in [1.807, 2.05) is 19.1 Å². The second-order valence-corrected chi connectivity index (χ2v) is 7.83. The molecule has 26 heavy (non-hydrogen) atoms. The fraction of sp³-hybridized carbons (Fsp3) is 0.417. The van der Waals surface area contributed by atoms with Crippen molar-refractivity contribution in [2.45, 2.75) is 50.5 Å². The van der Waals surface area contributed by atoms with Crippen molar-refractivity contribution in [1.82, 2.24) is 0 Å². The number of phenolic OH excluding ortho intramolecular Hbond substituents is 1. The summed E-state index contributed by atoms with van der Waals surface area (Å²) in [6, 6.07) is 16.3. The fourth-order valence-corrected chi connectivity index (χ4v) is 5.25. The fourth-order valence-electron chi connectivity index (χ4n) is 5.25. The van der Waals surface area contributed by atoms with Gasteiger partial charge in [-0.15, -0.1) is 5.92 Å². The summed E-state index contributed by atoms with van der Waals surface area (Å²) >= 11 is 0. The molecule has 2 unspecified atom stereocenters. The molecule has 0 heterocycles. The van der Waals surface area contributed by atoms with Crippen molar-refractivity contribution in [1.29, 1.82) is 0 Å². The first-order chi connectivity index (χ1) is 12.6. The van der Waals surface area contributed by atoms with E-state index >= 15 is 0 Å². The molecule has 0 aliphatic heterocycles. The van der Waals surface area contributed by atoms with Crippen LogP contribution >= 0.6 is 0 Å². The molecule has 0 radical (unpaired) electrons. The molecule has 2 nitrogen and oxygen atoms in total. The molecule has 0 amide bonds. The van der Waals surface area contributed by atoms with E-state index in [9.17, 15) is 10.2 Å².